The maximum absolute atomic E-state index is 12.3. The molecule has 0 aromatic heterocycles. The number of piperidine rings is 2. The van der Waals surface area contributed by atoms with E-state index in [9.17, 15) is 4.79 Å². The molecule has 2 heterocycles. The number of carbonyl (C=O) groups excluding carboxylic acids is 1. The molecular weight excluding hydrogens is 347 g/mol. The van der Waals surface area contributed by atoms with Crippen LogP contribution in [0.4, 0.5) is 0 Å². The molecule has 1 amide bonds. The lowest BCUT2D eigenvalue weighted by atomic mass is 9.92. The normalized spacial score (nSPS) is 26.5. The van der Waals surface area contributed by atoms with Crippen LogP contribution in [-0.2, 0) is 4.79 Å². The molecule has 1 unspecified atom stereocenters. The van der Waals surface area contributed by atoms with Gasteiger partial charge in [-0.15, -0.1) is 24.8 Å². The Hall–Kier alpha value is -0.0700. The Balaban J connectivity index is 0.00000144. The third-order valence-electron chi connectivity index (χ3n) is 6.12. The molecule has 1 saturated carbocycles. The molecule has 0 aromatic rings. The minimum atomic E-state index is 0. The molecule has 5 nitrogen and oxygen atoms in total. The zero-order valence-electron chi connectivity index (χ0n) is 15.1. The van der Waals surface area contributed by atoms with Gasteiger partial charge in [0.25, 0.3) is 0 Å². The van der Waals surface area contributed by atoms with E-state index in [1.807, 2.05) is 0 Å². The molecule has 3 aliphatic rings. The Labute approximate surface area is 159 Å². The van der Waals surface area contributed by atoms with Gasteiger partial charge >= 0.3 is 0 Å². The fourth-order valence-corrected chi connectivity index (χ4v) is 4.32. The molecule has 24 heavy (non-hydrogen) atoms. The van der Waals surface area contributed by atoms with Crippen molar-refractivity contribution in [1.82, 2.24) is 20.4 Å². The fourth-order valence-electron chi connectivity index (χ4n) is 4.32. The lowest BCUT2D eigenvalue weighted by molar-refractivity contribution is -0.123. The SMILES string of the molecule is CN(C)C1CCN(CCNC(=O)C2CC23CCNCC3)CC1.Cl.Cl. The maximum atomic E-state index is 12.3. The summed E-state index contributed by atoms with van der Waals surface area (Å²) in [5.41, 5.74) is 0.361. The van der Waals surface area contributed by atoms with Crippen molar-refractivity contribution in [2.45, 2.75) is 38.1 Å². The molecule has 2 saturated heterocycles. The van der Waals surface area contributed by atoms with Crippen LogP contribution < -0.4 is 10.6 Å². The zero-order chi connectivity index (χ0) is 15.6. The maximum Gasteiger partial charge on any atom is 0.223 e. The summed E-state index contributed by atoms with van der Waals surface area (Å²) in [6.07, 6.45) is 5.99. The van der Waals surface area contributed by atoms with Crippen LogP contribution in [0.25, 0.3) is 0 Å². The van der Waals surface area contributed by atoms with Gasteiger partial charge in [0.15, 0.2) is 0 Å². The Bertz CT molecular complexity index is 394. The first-order chi connectivity index (χ1) is 10.6. The molecule has 1 aliphatic carbocycles. The van der Waals surface area contributed by atoms with Gasteiger partial charge in [-0.3, -0.25) is 4.79 Å². The first-order valence-electron chi connectivity index (χ1n) is 8.98. The van der Waals surface area contributed by atoms with E-state index >= 15 is 0 Å². The second-order valence-electron chi connectivity index (χ2n) is 7.70. The van der Waals surface area contributed by atoms with Crippen LogP contribution in [0.5, 0.6) is 0 Å². The van der Waals surface area contributed by atoms with Crippen molar-refractivity contribution in [2.24, 2.45) is 11.3 Å². The van der Waals surface area contributed by atoms with Crippen molar-refractivity contribution < 1.29 is 4.79 Å². The highest BCUT2D eigenvalue weighted by molar-refractivity contribution is 5.85. The molecule has 2 aliphatic heterocycles. The summed E-state index contributed by atoms with van der Waals surface area (Å²) in [5.74, 6) is 0.610. The van der Waals surface area contributed by atoms with E-state index in [-0.39, 0.29) is 24.8 Å². The highest BCUT2D eigenvalue weighted by atomic mass is 35.5. The van der Waals surface area contributed by atoms with E-state index in [2.05, 4.69) is 34.5 Å². The van der Waals surface area contributed by atoms with Gasteiger partial charge in [0, 0.05) is 25.0 Å². The van der Waals surface area contributed by atoms with Crippen LogP contribution in [0.15, 0.2) is 0 Å². The van der Waals surface area contributed by atoms with Gasteiger partial charge in [-0.2, -0.15) is 0 Å². The number of amides is 1. The quantitative estimate of drug-likeness (QED) is 0.755. The average molecular weight is 381 g/mol. The summed E-state index contributed by atoms with van der Waals surface area (Å²) >= 11 is 0. The standard InChI is InChI=1S/C17H32N4O.2ClH/c1-20(2)14-3-10-21(11-4-14)12-9-19-16(22)15-13-17(15)5-7-18-8-6-17;;/h14-15,18H,3-13H2,1-2H3,(H,19,22);2*1H. The number of likely N-dealkylation sites (tertiary alicyclic amines) is 1. The Kier molecular flexibility index (Phi) is 8.77. The van der Waals surface area contributed by atoms with E-state index in [0.717, 1.165) is 51.7 Å². The highest BCUT2D eigenvalue weighted by Gasteiger charge is 2.57. The molecule has 0 aromatic carbocycles. The van der Waals surface area contributed by atoms with Crippen LogP contribution in [0, 0.1) is 11.3 Å². The minimum Gasteiger partial charge on any atom is -0.355 e. The molecule has 0 bridgehead atoms. The summed E-state index contributed by atoms with van der Waals surface area (Å²) < 4.78 is 0. The van der Waals surface area contributed by atoms with E-state index in [0.29, 0.717) is 17.2 Å². The second-order valence-corrected chi connectivity index (χ2v) is 7.70. The van der Waals surface area contributed by atoms with Gasteiger partial charge in [0.2, 0.25) is 5.91 Å². The predicted molar refractivity (Wildman–Crippen MR) is 103 cm³/mol. The van der Waals surface area contributed by atoms with E-state index in [1.54, 1.807) is 0 Å². The summed E-state index contributed by atoms with van der Waals surface area (Å²) in [6.45, 7) is 6.33. The van der Waals surface area contributed by atoms with Gasteiger partial charge in [0.1, 0.15) is 0 Å². The van der Waals surface area contributed by atoms with Gasteiger partial charge < -0.3 is 20.4 Å². The number of halogens is 2. The lowest BCUT2D eigenvalue weighted by Crippen LogP contribution is -2.44. The number of hydrogen-bond donors (Lipinski definition) is 2. The number of hydrogen-bond acceptors (Lipinski definition) is 4. The molecule has 0 radical (unpaired) electrons. The molecule has 3 rings (SSSR count). The molecule has 1 atom stereocenters. The molecule has 1 spiro atoms. The summed E-state index contributed by atoms with van der Waals surface area (Å²) in [4.78, 5) is 17.1. The van der Waals surface area contributed by atoms with Crippen molar-refractivity contribution in [3.63, 3.8) is 0 Å². The molecule has 3 fully saturated rings. The lowest BCUT2D eigenvalue weighted by Gasteiger charge is -2.35. The van der Waals surface area contributed by atoms with Gasteiger partial charge in [-0.1, -0.05) is 0 Å². The van der Waals surface area contributed by atoms with Crippen molar-refractivity contribution in [2.75, 3.05) is 53.4 Å². The third-order valence-corrected chi connectivity index (χ3v) is 6.12. The molecule has 7 heteroatoms. The zero-order valence-corrected chi connectivity index (χ0v) is 16.7. The van der Waals surface area contributed by atoms with Gasteiger partial charge in [-0.05, 0) is 77.8 Å². The summed E-state index contributed by atoms with van der Waals surface area (Å²) in [6, 6.07) is 0.733. The first kappa shape index (κ1) is 22.0. The monoisotopic (exact) mass is 380 g/mol. The summed E-state index contributed by atoms with van der Waals surface area (Å²) in [7, 11) is 4.35. The number of rotatable bonds is 5. The van der Waals surface area contributed by atoms with E-state index in [1.165, 1.54) is 25.7 Å². The Morgan fingerprint density at radius 2 is 1.83 bits per heavy atom. The molecule has 142 valence electrons. The number of carbonyl (C=O) groups is 1. The van der Waals surface area contributed by atoms with Crippen LogP contribution >= 0.6 is 24.8 Å². The molecular formula is C17H34Cl2N4O. The predicted octanol–water partition coefficient (Wildman–Crippen LogP) is 1.36. The van der Waals surface area contributed by atoms with Crippen molar-refractivity contribution >= 4 is 30.7 Å². The fraction of sp³-hybridized carbons (Fsp3) is 0.941. The van der Waals surface area contributed by atoms with Crippen LogP contribution in [0.1, 0.15) is 32.1 Å². The smallest absolute Gasteiger partial charge is 0.223 e. The van der Waals surface area contributed by atoms with Gasteiger partial charge in [-0.25, -0.2) is 0 Å². The Morgan fingerprint density at radius 1 is 1.21 bits per heavy atom. The van der Waals surface area contributed by atoms with E-state index in [4.69, 9.17) is 0 Å². The van der Waals surface area contributed by atoms with Gasteiger partial charge in [0.05, 0.1) is 0 Å². The van der Waals surface area contributed by atoms with Crippen LogP contribution in [-0.4, -0.2) is 75.1 Å². The average Bonchev–Trinajstić information content (AvgIpc) is 3.21. The van der Waals surface area contributed by atoms with Crippen molar-refractivity contribution in [3.8, 4) is 0 Å². The third kappa shape index (κ3) is 5.21. The number of nitrogens with one attached hydrogen (secondary N) is 2. The van der Waals surface area contributed by atoms with E-state index < -0.39 is 0 Å². The second kappa shape index (κ2) is 9.58. The largest absolute Gasteiger partial charge is 0.355 e. The van der Waals surface area contributed by atoms with Crippen LogP contribution in [0.3, 0.4) is 0 Å². The topological polar surface area (TPSA) is 47.6 Å². The van der Waals surface area contributed by atoms with Crippen LogP contribution in [0.2, 0.25) is 0 Å². The summed E-state index contributed by atoms with van der Waals surface area (Å²) in [5, 5.41) is 6.58. The highest BCUT2D eigenvalue weighted by Crippen LogP contribution is 2.58. The number of nitrogens with zero attached hydrogens (tertiary/aromatic N) is 2. The van der Waals surface area contributed by atoms with Crippen molar-refractivity contribution in [1.29, 1.82) is 0 Å². The molecule has 2 N–H and O–H groups in total. The van der Waals surface area contributed by atoms with Crippen molar-refractivity contribution in [3.05, 3.63) is 0 Å². The minimum absolute atomic E-state index is 0. The Morgan fingerprint density at radius 3 is 2.42 bits per heavy atom. The first-order valence-corrected chi connectivity index (χ1v) is 8.98.